The number of nitrogens with zero attached hydrogens (tertiary/aromatic N) is 1. The Morgan fingerprint density at radius 3 is 1.89 bits per heavy atom. The number of hydrogen-bond acceptors (Lipinski definition) is 6. The first-order valence-corrected chi connectivity index (χ1v) is 6.83. The van der Waals surface area contributed by atoms with Crippen molar-refractivity contribution in [3.63, 3.8) is 0 Å². The lowest BCUT2D eigenvalue weighted by molar-refractivity contribution is -0.482. The molecular weight excluding hydrogens is 254 g/mol. The summed E-state index contributed by atoms with van der Waals surface area (Å²) >= 11 is 0. The Labute approximate surface area is 113 Å². The third-order valence-corrected chi connectivity index (χ3v) is 2.86. The number of hydrogen-bond donors (Lipinski definition) is 1. The predicted octanol–water partition coefficient (Wildman–Crippen LogP) is 1.31. The molecule has 7 nitrogen and oxygen atoms in total. The van der Waals surface area contributed by atoms with Crippen LogP contribution in [-0.4, -0.2) is 49.0 Å². The average molecular weight is 277 g/mol. The molecule has 2 heterocycles. The van der Waals surface area contributed by atoms with Gasteiger partial charge < -0.3 is 19.3 Å². The molecule has 0 saturated carbocycles. The summed E-state index contributed by atoms with van der Waals surface area (Å²) < 4.78 is 16.6. The van der Waals surface area contributed by atoms with Gasteiger partial charge in [0.05, 0.1) is 0 Å². The molecule has 0 aromatic rings. The molecule has 0 aromatic heterocycles. The molecule has 2 aliphatic rings. The van der Waals surface area contributed by atoms with Crippen LogP contribution in [0.15, 0.2) is 0 Å². The number of nitro groups is 1. The van der Waals surface area contributed by atoms with Gasteiger partial charge in [0.25, 0.3) is 0 Å². The molecule has 1 N–H and O–H groups in total. The third kappa shape index (κ3) is 8.10. The maximum atomic E-state index is 9.24. The molecule has 2 atom stereocenters. The zero-order valence-electron chi connectivity index (χ0n) is 11.2. The molecule has 2 rings (SSSR count). The second kappa shape index (κ2) is 10.1. The van der Waals surface area contributed by atoms with Crippen LogP contribution >= 0.6 is 0 Å². The van der Waals surface area contributed by atoms with Crippen molar-refractivity contribution in [1.29, 1.82) is 0 Å². The Bertz CT molecular complexity index is 222. The van der Waals surface area contributed by atoms with Crippen molar-refractivity contribution in [2.45, 2.75) is 51.1 Å². The van der Waals surface area contributed by atoms with Gasteiger partial charge in [-0.15, -0.1) is 0 Å². The summed E-state index contributed by atoms with van der Waals surface area (Å²) in [5.74, 6) is 0. The van der Waals surface area contributed by atoms with Crippen molar-refractivity contribution >= 4 is 0 Å². The molecule has 19 heavy (non-hydrogen) atoms. The van der Waals surface area contributed by atoms with E-state index in [4.69, 9.17) is 19.3 Å². The lowest BCUT2D eigenvalue weighted by atomic mass is 10.2. The maximum Gasteiger partial charge on any atom is 0.226 e. The standard InChI is InChI=1S/C10H18O3.C2H5NO3/c1-3-7-11-9(5-1)13-10-6-2-4-8-12-10;4-2-1-3(5)6/h9-10H,1-8H2;4H,1-2H2. The fourth-order valence-corrected chi connectivity index (χ4v) is 1.89. The Morgan fingerprint density at radius 2 is 1.63 bits per heavy atom. The lowest BCUT2D eigenvalue weighted by Gasteiger charge is -2.29. The Balaban J connectivity index is 0.000000258. The van der Waals surface area contributed by atoms with Gasteiger partial charge in [-0.2, -0.15) is 0 Å². The molecule has 0 amide bonds. The predicted molar refractivity (Wildman–Crippen MR) is 67.2 cm³/mol. The van der Waals surface area contributed by atoms with Crippen LogP contribution in [-0.2, 0) is 14.2 Å². The number of aliphatic hydroxyl groups is 1. The highest BCUT2D eigenvalue weighted by atomic mass is 16.8. The van der Waals surface area contributed by atoms with Crippen molar-refractivity contribution in [1.82, 2.24) is 0 Å². The number of ether oxygens (including phenoxy) is 3. The largest absolute Gasteiger partial charge is 0.390 e. The summed E-state index contributed by atoms with van der Waals surface area (Å²) in [6.45, 7) is 0.974. The van der Waals surface area contributed by atoms with Crippen molar-refractivity contribution in [3.8, 4) is 0 Å². The smallest absolute Gasteiger partial charge is 0.226 e. The quantitative estimate of drug-likeness (QED) is 0.615. The first-order valence-electron chi connectivity index (χ1n) is 6.83. The molecule has 0 aromatic carbocycles. The summed E-state index contributed by atoms with van der Waals surface area (Å²) in [6.07, 6.45) is 6.83. The molecular formula is C12H23NO6. The average Bonchev–Trinajstić information content (AvgIpc) is 2.41. The molecule has 2 fully saturated rings. The van der Waals surface area contributed by atoms with Gasteiger partial charge in [0.1, 0.15) is 6.61 Å². The molecule has 112 valence electrons. The first kappa shape index (κ1) is 16.3. The van der Waals surface area contributed by atoms with Gasteiger partial charge >= 0.3 is 0 Å². The molecule has 0 aliphatic carbocycles. The van der Waals surface area contributed by atoms with Gasteiger partial charge in [-0.1, -0.05) is 0 Å². The summed E-state index contributed by atoms with van der Waals surface area (Å²) in [5.41, 5.74) is 0. The van der Waals surface area contributed by atoms with E-state index in [1.54, 1.807) is 0 Å². The van der Waals surface area contributed by atoms with Gasteiger partial charge in [0.2, 0.25) is 6.54 Å². The minimum absolute atomic E-state index is 0.00292. The van der Waals surface area contributed by atoms with E-state index >= 15 is 0 Å². The third-order valence-electron chi connectivity index (χ3n) is 2.86. The first-order chi connectivity index (χ1) is 9.22. The van der Waals surface area contributed by atoms with Crippen LogP contribution < -0.4 is 0 Å². The highest BCUT2D eigenvalue weighted by molar-refractivity contribution is 4.58. The van der Waals surface area contributed by atoms with Crippen LogP contribution in [0.3, 0.4) is 0 Å². The minimum Gasteiger partial charge on any atom is -0.390 e. The topological polar surface area (TPSA) is 91.1 Å². The fourth-order valence-electron chi connectivity index (χ4n) is 1.89. The van der Waals surface area contributed by atoms with E-state index in [0.29, 0.717) is 0 Å². The van der Waals surface area contributed by atoms with Crippen LogP contribution in [0.5, 0.6) is 0 Å². The van der Waals surface area contributed by atoms with E-state index in [9.17, 15) is 10.1 Å². The Kier molecular flexibility index (Phi) is 8.64. The van der Waals surface area contributed by atoms with E-state index < -0.39 is 4.92 Å². The van der Waals surface area contributed by atoms with Crippen LogP contribution in [0.25, 0.3) is 0 Å². The SMILES string of the molecule is C1CCC(OC2CCCCO2)OC1.O=[N+]([O-])CCO. The van der Waals surface area contributed by atoms with Crippen molar-refractivity contribution in [2.75, 3.05) is 26.4 Å². The van der Waals surface area contributed by atoms with Gasteiger partial charge in [-0.25, -0.2) is 0 Å². The highest BCUT2D eigenvalue weighted by Crippen LogP contribution is 2.20. The van der Waals surface area contributed by atoms with Crippen LogP contribution in [0, 0.1) is 10.1 Å². The van der Waals surface area contributed by atoms with Crippen LogP contribution in [0.2, 0.25) is 0 Å². The summed E-state index contributed by atoms with van der Waals surface area (Å²) in [7, 11) is 0. The second-order valence-corrected chi connectivity index (χ2v) is 4.51. The van der Waals surface area contributed by atoms with E-state index in [1.165, 1.54) is 25.7 Å². The zero-order valence-corrected chi connectivity index (χ0v) is 11.2. The molecule has 0 radical (unpaired) electrons. The number of rotatable bonds is 4. The highest BCUT2D eigenvalue weighted by Gasteiger charge is 2.21. The van der Waals surface area contributed by atoms with Crippen LogP contribution in [0.4, 0.5) is 0 Å². The molecule has 2 saturated heterocycles. The Hall–Kier alpha value is -0.760. The summed E-state index contributed by atoms with van der Waals surface area (Å²) in [5, 5.41) is 17.0. The van der Waals surface area contributed by atoms with Gasteiger partial charge in [-0.3, -0.25) is 10.1 Å². The normalized spacial score (nSPS) is 27.2. The molecule has 2 unspecified atom stereocenters. The zero-order chi connectivity index (χ0) is 13.9. The molecule has 2 aliphatic heterocycles. The van der Waals surface area contributed by atoms with Crippen molar-refractivity contribution in [2.24, 2.45) is 0 Å². The van der Waals surface area contributed by atoms with E-state index in [0.717, 1.165) is 26.1 Å². The summed E-state index contributed by atoms with van der Waals surface area (Å²) in [6, 6.07) is 0. The van der Waals surface area contributed by atoms with E-state index in [1.807, 2.05) is 0 Å². The van der Waals surface area contributed by atoms with Gasteiger partial charge in [0.15, 0.2) is 12.6 Å². The van der Waals surface area contributed by atoms with Crippen molar-refractivity contribution in [3.05, 3.63) is 10.1 Å². The van der Waals surface area contributed by atoms with Crippen molar-refractivity contribution < 1.29 is 24.2 Å². The lowest BCUT2D eigenvalue weighted by Crippen LogP contribution is -2.31. The monoisotopic (exact) mass is 277 g/mol. The molecule has 0 bridgehead atoms. The van der Waals surface area contributed by atoms with Crippen LogP contribution in [0.1, 0.15) is 38.5 Å². The molecule has 0 spiro atoms. The van der Waals surface area contributed by atoms with Gasteiger partial charge in [-0.05, 0) is 38.5 Å². The molecule has 7 heteroatoms. The van der Waals surface area contributed by atoms with Gasteiger partial charge in [0, 0.05) is 18.1 Å². The van der Waals surface area contributed by atoms with E-state index in [2.05, 4.69) is 0 Å². The Morgan fingerprint density at radius 1 is 1.11 bits per heavy atom. The van der Waals surface area contributed by atoms with E-state index in [-0.39, 0.29) is 25.7 Å². The summed E-state index contributed by atoms with van der Waals surface area (Å²) in [4.78, 5) is 8.68. The number of aliphatic hydroxyl groups excluding tert-OH is 1. The minimum atomic E-state index is -0.569. The second-order valence-electron chi connectivity index (χ2n) is 4.51. The fraction of sp³-hybridized carbons (Fsp3) is 1.00. The maximum absolute atomic E-state index is 9.24.